The Kier molecular flexibility index (Phi) is 11.8. The molecule has 1 aliphatic heterocycles. The Balaban J connectivity index is 2.79. The van der Waals surface area contributed by atoms with Crippen molar-refractivity contribution in [2.75, 3.05) is 26.4 Å². The number of aliphatic hydroxyl groups excluding tert-OH is 2. The van der Waals surface area contributed by atoms with E-state index in [0.717, 1.165) is 38.5 Å². The number of unbranched alkanes of at least 4 members (excludes halogenated alkanes) is 3. The van der Waals surface area contributed by atoms with Gasteiger partial charge in [0, 0.05) is 19.8 Å². The molecule has 1 heterocycles. The SMILES string of the molecule is CCCCO[C@H]1[C@H](OCCCC)[C@@H](OCCCC)C(O)O[C@@H]1CO. The molecule has 6 heteroatoms. The molecule has 1 unspecified atom stereocenters. The van der Waals surface area contributed by atoms with E-state index in [4.69, 9.17) is 18.9 Å². The van der Waals surface area contributed by atoms with Crippen molar-refractivity contribution in [1.29, 1.82) is 0 Å². The summed E-state index contributed by atoms with van der Waals surface area (Å²) in [5.74, 6) is 0. The molecule has 0 spiro atoms. The lowest BCUT2D eigenvalue weighted by molar-refractivity contribution is -0.310. The molecule has 0 aromatic rings. The molecule has 0 aliphatic carbocycles. The lowest BCUT2D eigenvalue weighted by atomic mass is 9.98. The molecule has 0 saturated carbocycles. The van der Waals surface area contributed by atoms with Crippen LogP contribution in [-0.2, 0) is 18.9 Å². The smallest absolute Gasteiger partial charge is 0.184 e. The molecule has 1 saturated heterocycles. The second-order valence-corrected chi connectivity index (χ2v) is 6.31. The van der Waals surface area contributed by atoms with E-state index in [0.29, 0.717) is 19.8 Å². The standard InChI is InChI=1S/C18H36O6/c1-4-7-10-21-15-14(13-19)24-18(20)17(23-12-9-6-3)16(15)22-11-8-5-2/h14-20H,4-13H2,1-3H3/t14-,15-,16+,17-,18?/m1/s1. The molecule has 1 rings (SSSR count). The first kappa shape index (κ1) is 21.8. The summed E-state index contributed by atoms with van der Waals surface area (Å²) in [4.78, 5) is 0. The highest BCUT2D eigenvalue weighted by Gasteiger charge is 2.47. The van der Waals surface area contributed by atoms with Crippen molar-refractivity contribution < 1.29 is 29.2 Å². The van der Waals surface area contributed by atoms with Gasteiger partial charge in [-0.3, -0.25) is 0 Å². The summed E-state index contributed by atoms with van der Waals surface area (Å²) < 4.78 is 23.3. The first-order valence-electron chi connectivity index (χ1n) is 9.48. The molecule has 5 atom stereocenters. The van der Waals surface area contributed by atoms with Gasteiger partial charge in [0.2, 0.25) is 0 Å². The Labute approximate surface area is 146 Å². The molecule has 0 bridgehead atoms. The van der Waals surface area contributed by atoms with E-state index in [-0.39, 0.29) is 6.61 Å². The first-order valence-corrected chi connectivity index (χ1v) is 9.48. The monoisotopic (exact) mass is 348 g/mol. The van der Waals surface area contributed by atoms with E-state index >= 15 is 0 Å². The predicted molar refractivity (Wildman–Crippen MR) is 91.9 cm³/mol. The quantitative estimate of drug-likeness (QED) is 0.497. The maximum atomic E-state index is 10.3. The van der Waals surface area contributed by atoms with Gasteiger partial charge in [0.1, 0.15) is 24.4 Å². The highest BCUT2D eigenvalue weighted by molar-refractivity contribution is 4.92. The first-order chi connectivity index (χ1) is 11.7. The van der Waals surface area contributed by atoms with Crippen molar-refractivity contribution in [3.05, 3.63) is 0 Å². The highest BCUT2D eigenvalue weighted by atomic mass is 16.7. The molecule has 6 nitrogen and oxygen atoms in total. The second-order valence-electron chi connectivity index (χ2n) is 6.31. The van der Waals surface area contributed by atoms with Crippen LogP contribution >= 0.6 is 0 Å². The molecule has 144 valence electrons. The second kappa shape index (κ2) is 13.0. The Morgan fingerprint density at radius 2 is 1.21 bits per heavy atom. The fraction of sp³-hybridized carbons (Fsp3) is 1.00. The molecular weight excluding hydrogens is 312 g/mol. The van der Waals surface area contributed by atoms with Crippen molar-refractivity contribution in [2.24, 2.45) is 0 Å². The van der Waals surface area contributed by atoms with Gasteiger partial charge in [0.25, 0.3) is 0 Å². The third-order valence-corrected chi connectivity index (χ3v) is 4.21. The number of ether oxygens (including phenoxy) is 4. The molecule has 0 amide bonds. The van der Waals surface area contributed by atoms with Gasteiger partial charge in [0.15, 0.2) is 6.29 Å². The van der Waals surface area contributed by atoms with Crippen molar-refractivity contribution in [3.63, 3.8) is 0 Å². The summed E-state index contributed by atoms with van der Waals surface area (Å²) in [7, 11) is 0. The largest absolute Gasteiger partial charge is 0.394 e. The third-order valence-electron chi connectivity index (χ3n) is 4.21. The van der Waals surface area contributed by atoms with Gasteiger partial charge in [-0.2, -0.15) is 0 Å². The Morgan fingerprint density at radius 1 is 0.750 bits per heavy atom. The lowest BCUT2D eigenvalue weighted by Crippen LogP contribution is -2.61. The number of aliphatic hydroxyl groups is 2. The van der Waals surface area contributed by atoms with Crippen LogP contribution in [-0.4, -0.2) is 67.3 Å². The number of hydrogen-bond donors (Lipinski definition) is 2. The van der Waals surface area contributed by atoms with Gasteiger partial charge in [-0.05, 0) is 19.3 Å². The zero-order valence-corrected chi connectivity index (χ0v) is 15.5. The van der Waals surface area contributed by atoms with Gasteiger partial charge in [0.05, 0.1) is 6.61 Å². The third kappa shape index (κ3) is 6.94. The topological polar surface area (TPSA) is 77.4 Å². The van der Waals surface area contributed by atoms with E-state index < -0.39 is 30.7 Å². The van der Waals surface area contributed by atoms with Gasteiger partial charge in [-0.25, -0.2) is 0 Å². The van der Waals surface area contributed by atoms with Crippen LogP contribution in [0.25, 0.3) is 0 Å². The van der Waals surface area contributed by atoms with Crippen LogP contribution in [0.3, 0.4) is 0 Å². The molecule has 1 fully saturated rings. The van der Waals surface area contributed by atoms with Gasteiger partial charge in [-0.1, -0.05) is 40.0 Å². The van der Waals surface area contributed by atoms with Crippen LogP contribution in [0.2, 0.25) is 0 Å². The minimum absolute atomic E-state index is 0.219. The molecule has 0 aromatic heterocycles. The molecule has 24 heavy (non-hydrogen) atoms. The number of hydrogen-bond acceptors (Lipinski definition) is 6. The highest BCUT2D eigenvalue weighted by Crippen LogP contribution is 2.27. The van der Waals surface area contributed by atoms with Gasteiger partial charge < -0.3 is 29.2 Å². The molecule has 0 radical (unpaired) electrons. The van der Waals surface area contributed by atoms with E-state index in [1.54, 1.807) is 0 Å². The van der Waals surface area contributed by atoms with Crippen LogP contribution in [0, 0.1) is 0 Å². The average molecular weight is 348 g/mol. The minimum atomic E-state index is -1.11. The summed E-state index contributed by atoms with van der Waals surface area (Å²) in [5, 5.41) is 19.9. The van der Waals surface area contributed by atoms with E-state index in [9.17, 15) is 10.2 Å². The Bertz CT molecular complexity index is 301. The zero-order chi connectivity index (χ0) is 17.8. The minimum Gasteiger partial charge on any atom is -0.394 e. The normalized spacial score (nSPS) is 30.6. The summed E-state index contributed by atoms with van der Waals surface area (Å²) in [5.41, 5.74) is 0. The zero-order valence-electron chi connectivity index (χ0n) is 15.5. The van der Waals surface area contributed by atoms with Crippen LogP contribution in [0.4, 0.5) is 0 Å². The van der Waals surface area contributed by atoms with Crippen LogP contribution in [0.5, 0.6) is 0 Å². The molecule has 1 aliphatic rings. The maximum absolute atomic E-state index is 10.3. The van der Waals surface area contributed by atoms with Gasteiger partial charge in [-0.15, -0.1) is 0 Å². The maximum Gasteiger partial charge on any atom is 0.184 e. The Hall–Kier alpha value is -0.240. The van der Waals surface area contributed by atoms with Crippen molar-refractivity contribution >= 4 is 0 Å². The molecular formula is C18H36O6. The molecule has 2 N–H and O–H groups in total. The van der Waals surface area contributed by atoms with Crippen molar-refractivity contribution in [2.45, 2.75) is 90.0 Å². The summed E-state index contributed by atoms with van der Waals surface area (Å²) in [6.45, 7) is 7.76. The Morgan fingerprint density at radius 3 is 1.67 bits per heavy atom. The van der Waals surface area contributed by atoms with Gasteiger partial charge >= 0.3 is 0 Å². The van der Waals surface area contributed by atoms with E-state index in [2.05, 4.69) is 20.8 Å². The fourth-order valence-electron chi connectivity index (χ4n) is 2.70. The summed E-state index contributed by atoms with van der Waals surface area (Å²) >= 11 is 0. The van der Waals surface area contributed by atoms with E-state index in [1.807, 2.05) is 0 Å². The van der Waals surface area contributed by atoms with Crippen molar-refractivity contribution in [1.82, 2.24) is 0 Å². The summed E-state index contributed by atoms with van der Waals surface area (Å²) in [6.07, 6.45) is 2.65. The number of rotatable bonds is 13. The van der Waals surface area contributed by atoms with E-state index in [1.165, 1.54) is 0 Å². The predicted octanol–water partition coefficient (Wildman–Crippen LogP) is 2.25. The lowest BCUT2D eigenvalue weighted by Gasteiger charge is -2.44. The van der Waals surface area contributed by atoms with Crippen molar-refractivity contribution in [3.8, 4) is 0 Å². The van der Waals surface area contributed by atoms with Crippen LogP contribution in [0.15, 0.2) is 0 Å². The fourth-order valence-corrected chi connectivity index (χ4v) is 2.70. The molecule has 0 aromatic carbocycles. The summed E-state index contributed by atoms with van der Waals surface area (Å²) in [6, 6.07) is 0. The average Bonchev–Trinajstić information content (AvgIpc) is 2.58. The van der Waals surface area contributed by atoms with Crippen LogP contribution in [0.1, 0.15) is 59.3 Å². The van der Waals surface area contributed by atoms with Crippen LogP contribution < -0.4 is 0 Å².